The van der Waals surface area contributed by atoms with E-state index in [1.165, 1.54) is 6.07 Å². The summed E-state index contributed by atoms with van der Waals surface area (Å²) < 4.78 is 17.5. The molecule has 7 nitrogen and oxygen atoms in total. The maximum atomic E-state index is 13.7. The van der Waals surface area contributed by atoms with E-state index in [2.05, 4.69) is 15.9 Å². The largest absolute Gasteiger partial charge is 0.504 e. The molecule has 0 unspecified atom stereocenters. The van der Waals surface area contributed by atoms with Crippen molar-refractivity contribution in [1.29, 1.82) is 0 Å². The fourth-order valence-corrected chi connectivity index (χ4v) is 4.76. The third-order valence-electron chi connectivity index (χ3n) is 6.04. The van der Waals surface area contributed by atoms with Crippen molar-refractivity contribution in [2.75, 3.05) is 13.7 Å². The van der Waals surface area contributed by atoms with Crippen LogP contribution in [0.25, 0.3) is 11.0 Å². The van der Waals surface area contributed by atoms with Crippen molar-refractivity contribution in [3.8, 4) is 17.2 Å². The predicted molar refractivity (Wildman–Crippen MR) is 134 cm³/mol. The standard InChI is InChI=1S/C27H22BrNO6/c1-3-34-22-12-16(6-10-20(22)30)24-23-25(31)19-13-17(28)7-11-21(19)35-26(23)27(32)29(24)14-15-4-8-18(33-2)9-5-15/h4-13,24,30H,3,14H2,1-2H3/t24-/m0/s1. The first-order chi connectivity index (χ1) is 16.9. The van der Waals surface area contributed by atoms with Gasteiger partial charge in [-0.2, -0.15) is 0 Å². The van der Waals surface area contributed by atoms with Crippen molar-refractivity contribution in [1.82, 2.24) is 4.90 Å². The van der Waals surface area contributed by atoms with E-state index in [0.29, 0.717) is 28.9 Å². The number of amides is 1. The van der Waals surface area contributed by atoms with E-state index in [9.17, 15) is 14.7 Å². The van der Waals surface area contributed by atoms with Gasteiger partial charge < -0.3 is 23.9 Å². The van der Waals surface area contributed by atoms with Gasteiger partial charge in [0.15, 0.2) is 16.9 Å². The first kappa shape index (κ1) is 23.0. The van der Waals surface area contributed by atoms with Gasteiger partial charge in [-0.05, 0) is 60.5 Å². The second kappa shape index (κ2) is 9.11. The SMILES string of the molecule is CCOc1cc([C@H]2c3c(oc4ccc(Br)cc4c3=O)C(=O)N2Cc2ccc(OC)cc2)ccc1O. The predicted octanol–water partition coefficient (Wildman–Crippen LogP) is 5.41. The molecule has 1 N–H and O–H groups in total. The monoisotopic (exact) mass is 535 g/mol. The molecule has 1 aliphatic heterocycles. The smallest absolute Gasteiger partial charge is 0.291 e. The Morgan fingerprint density at radius 1 is 1.06 bits per heavy atom. The molecule has 178 valence electrons. The van der Waals surface area contributed by atoms with Crippen LogP contribution in [0, 0.1) is 0 Å². The fourth-order valence-electron chi connectivity index (χ4n) is 4.40. The maximum Gasteiger partial charge on any atom is 0.291 e. The number of nitrogens with zero attached hydrogens (tertiary/aromatic N) is 1. The molecule has 0 fully saturated rings. The van der Waals surface area contributed by atoms with Gasteiger partial charge in [-0.15, -0.1) is 0 Å². The minimum atomic E-state index is -0.723. The lowest BCUT2D eigenvalue weighted by Gasteiger charge is -2.26. The number of carbonyl (C=O) groups excluding carboxylic acids is 1. The zero-order valence-corrected chi connectivity index (χ0v) is 20.7. The summed E-state index contributed by atoms with van der Waals surface area (Å²) in [6.07, 6.45) is 0. The van der Waals surface area contributed by atoms with Gasteiger partial charge in [-0.25, -0.2) is 0 Å². The average Bonchev–Trinajstić information content (AvgIpc) is 3.13. The lowest BCUT2D eigenvalue weighted by atomic mass is 9.97. The van der Waals surface area contributed by atoms with Gasteiger partial charge in [0, 0.05) is 11.0 Å². The summed E-state index contributed by atoms with van der Waals surface area (Å²) in [7, 11) is 1.59. The summed E-state index contributed by atoms with van der Waals surface area (Å²) >= 11 is 3.41. The highest BCUT2D eigenvalue weighted by Gasteiger charge is 2.43. The number of rotatable bonds is 6. The molecular weight excluding hydrogens is 514 g/mol. The van der Waals surface area contributed by atoms with Crippen molar-refractivity contribution >= 4 is 32.8 Å². The molecule has 1 atom stereocenters. The zero-order chi connectivity index (χ0) is 24.7. The van der Waals surface area contributed by atoms with E-state index in [0.717, 1.165) is 10.0 Å². The highest BCUT2D eigenvalue weighted by atomic mass is 79.9. The van der Waals surface area contributed by atoms with Crippen LogP contribution in [0.3, 0.4) is 0 Å². The molecule has 5 rings (SSSR count). The topological polar surface area (TPSA) is 89.2 Å². The zero-order valence-electron chi connectivity index (χ0n) is 19.1. The molecule has 0 saturated carbocycles. The molecular formula is C27H22BrNO6. The summed E-state index contributed by atoms with van der Waals surface area (Å²) in [6.45, 7) is 2.41. The van der Waals surface area contributed by atoms with Crippen LogP contribution in [-0.4, -0.2) is 29.6 Å². The Morgan fingerprint density at radius 2 is 1.83 bits per heavy atom. The number of benzene rings is 3. The highest BCUT2D eigenvalue weighted by molar-refractivity contribution is 9.10. The van der Waals surface area contributed by atoms with Crippen LogP contribution < -0.4 is 14.9 Å². The summed E-state index contributed by atoms with van der Waals surface area (Å²) in [5.74, 6) is 0.609. The third-order valence-corrected chi connectivity index (χ3v) is 6.53. The minimum absolute atomic E-state index is 0.0173. The number of phenols is 1. The van der Waals surface area contributed by atoms with Crippen LogP contribution in [0.1, 0.15) is 40.2 Å². The number of phenolic OH excluding ortho intramolecular Hbond substituents is 1. The average molecular weight is 536 g/mol. The van der Waals surface area contributed by atoms with Gasteiger partial charge in [-0.1, -0.05) is 34.1 Å². The van der Waals surface area contributed by atoms with E-state index in [-0.39, 0.29) is 40.7 Å². The Morgan fingerprint density at radius 3 is 2.54 bits per heavy atom. The molecule has 2 heterocycles. The molecule has 3 aromatic carbocycles. The van der Waals surface area contributed by atoms with Crippen molar-refractivity contribution in [3.05, 3.63) is 97.8 Å². The van der Waals surface area contributed by atoms with Crippen molar-refractivity contribution in [2.24, 2.45) is 0 Å². The molecule has 1 amide bonds. The Balaban J connectivity index is 1.70. The van der Waals surface area contributed by atoms with Crippen molar-refractivity contribution in [2.45, 2.75) is 19.5 Å². The van der Waals surface area contributed by atoms with Gasteiger partial charge in [0.2, 0.25) is 5.76 Å². The summed E-state index contributed by atoms with van der Waals surface area (Å²) in [5.41, 5.74) is 1.83. The second-order valence-corrected chi connectivity index (χ2v) is 9.07. The van der Waals surface area contributed by atoms with E-state index in [1.807, 2.05) is 31.2 Å². The van der Waals surface area contributed by atoms with E-state index < -0.39 is 6.04 Å². The Labute approximate surface area is 209 Å². The van der Waals surface area contributed by atoms with Crippen LogP contribution in [0.15, 0.2) is 74.3 Å². The van der Waals surface area contributed by atoms with Crippen molar-refractivity contribution < 1.29 is 23.8 Å². The third kappa shape index (κ3) is 4.04. The number of aromatic hydroxyl groups is 1. The summed E-state index contributed by atoms with van der Waals surface area (Å²) in [6, 6.07) is 16.6. The van der Waals surface area contributed by atoms with Gasteiger partial charge >= 0.3 is 0 Å². The molecule has 1 aromatic heterocycles. The number of hydrogen-bond donors (Lipinski definition) is 1. The molecule has 8 heteroatoms. The van der Waals surface area contributed by atoms with Gasteiger partial charge in [0.25, 0.3) is 5.91 Å². The quantitative estimate of drug-likeness (QED) is 0.355. The van der Waals surface area contributed by atoms with Crippen molar-refractivity contribution in [3.63, 3.8) is 0 Å². The van der Waals surface area contributed by atoms with Crippen LogP contribution >= 0.6 is 15.9 Å². The van der Waals surface area contributed by atoms with E-state index >= 15 is 0 Å². The first-order valence-electron chi connectivity index (χ1n) is 11.1. The highest BCUT2D eigenvalue weighted by Crippen LogP contribution is 2.41. The molecule has 1 aliphatic rings. The van der Waals surface area contributed by atoms with Crippen LogP contribution in [-0.2, 0) is 6.54 Å². The van der Waals surface area contributed by atoms with E-state index in [1.54, 1.807) is 42.3 Å². The molecule has 0 spiro atoms. The minimum Gasteiger partial charge on any atom is -0.504 e. The molecule has 35 heavy (non-hydrogen) atoms. The number of ether oxygens (including phenoxy) is 2. The number of fused-ring (bicyclic) bond motifs is 2. The lowest BCUT2D eigenvalue weighted by molar-refractivity contribution is 0.0714. The Bertz CT molecular complexity index is 1490. The fraction of sp³-hybridized carbons (Fsp3) is 0.185. The number of methoxy groups -OCH3 is 1. The van der Waals surface area contributed by atoms with Crippen LogP contribution in [0.2, 0.25) is 0 Å². The lowest BCUT2D eigenvalue weighted by Crippen LogP contribution is -2.29. The molecule has 4 aromatic rings. The number of hydrogen-bond acceptors (Lipinski definition) is 6. The van der Waals surface area contributed by atoms with Gasteiger partial charge in [-0.3, -0.25) is 9.59 Å². The number of carbonyl (C=O) groups is 1. The first-order valence-corrected chi connectivity index (χ1v) is 11.9. The number of halogens is 1. The summed E-state index contributed by atoms with van der Waals surface area (Å²) in [5, 5.41) is 10.6. The maximum absolute atomic E-state index is 13.7. The molecule has 0 saturated heterocycles. The van der Waals surface area contributed by atoms with Gasteiger partial charge in [0.1, 0.15) is 11.3 Å². The van der Waals surface area contributed by atoms with Crippen LogP contribution in [0.4, 0.5) is 0 Å². The van der Waals surface area contributed by atoms with Gasteiger partial charge in [0.05, 0.1) is 30.7 Å². The summed E-state index contributed by atoms with van der Waals surface area (Å²) in [4.78, 5) is 28.9. The van der Waals surface area contributed by atoms with Crippen LogP contribution in [0.5, 0.6) is 17.2 Å². The second-order valence-electron chi connectivity index (χ2n) is 8.16. The molecule has 0 aliphatic carbocycles. The van der Waals surface area contributed by atoms with E-state index in [4.69, 9.17) is 13.9 Å². The Hall–Kier alpha value is -3.78. The molecule has 0 bridgehead atoms. The molecule has 0 radical (unpaired) electrons. The Kier molecular flexibility index (Phi) is 5.98. The normalized spacial score (nSPS) is 14.9.